The zero-order valence-electron chi connectivity index (χ0n) is 7.46. The maximum atomic E-state index is 11.0. The number of hydrogen-bond acceptors (Lipinski definition) is 2. The Hall–Kier alpha value is -0.760. The summed E-state index contributed by atoms with van der Waals surface area (Å²) in [6.45, 7) is 9.52. The molecule has 4 nitrogen and oxygen atoms in total. The summed E-state index contributed by atoms with van der Waals surface area (Å²) >= 11 is 3.08. The lowest BCUT2D eigenvalue weighted by Gasteiger charge is -2.08. The topological polar surface area (TPSA) is 36.7 Å². The Labute approximate surface area is 86.2 Å². The molecule has 1 heterocycles. The summed E-state index contributed by atoms with van der Waals surface area (Å²) in [6.07, 6.45) is 0.862. The second kappa shape index (κ2) is 4.47. The molecule has 0 unspecified atom stereocenters. The third-order valence-corrected chi connectivity index (χ3v) is 2.67. The van der Waals surface area contributed by atoms with Gasteiger partial charge in [-0.2, -0.15) is 11.5 Å². The van der Waals surface area contributed by atoms with Gasteiger partial charge in [0.1, 0.15) is 6.54 Å². The van der Waals surface area contributed by atoms with E-state index in [-0.39, 0.29) is 18.0 Å². The van der Waals surface area contributed by atoms with E-state index in [1.807, 2.05) is 6.92 Å². The molecule has 2 atom stereocenters. The Morgan fingerprint density at radius 2 is 2.54 bits per heavy atom. The summed E-state index contributed by atoms with van der Waals surface area (Å²) < 4.78 is 0. The van der Waals surface area contributed by atoms with Gasteiger partial charge in [0.25, 0.3) is 0 Å². The number of nitrogens with one attached hydrogen (secondary N) is 1. The molecule has 0 aromatic heterocycles. The summed E-state index contributed by atoms with van der Waals surface area (Å²) in [4.78, 5) is 14.4. The first-order chi connectivity index (χ1) is 6.17. The largest absolute Gasteiger partial charge is 0.351 e. The van der Waals surface area contributed by atoms with Crippen LogP contribution >= 0.6 is 15.9 Å². The van der Waals surface area contributed by atoms with Crippen LogP contribution in [0.25, 0.3) is 4.95 Å². The number of rotatable bonds is 2. The van der Waals surface area contributed by atoms with Gasteiger partial charge in [-0.05, 0) is 13.3 Å². The van der Waals surface area contributed by atoms with Gasteiger partial charge in [0.05, 0.1) is 17.4 Å². The number of hydrogen-bond donors (Lipinski definition) is 1. The summed E-state index contributed by atoms with van der Waals surface area (Å²) in [5, 5.41) is 4.86. The Morgan fingerprint density at radius 3 is 3.00 bits per heavy atom. The molecule has 0 saturated carbocycles. The Morgan fingerprint density at radius 1 is 1.85 bits per heavy atom. The summed E-state index contributed by atoms with van der Waals surface area (Å²) in [6, 6.07) is 0.382. The predicted octanol–water partition coefficient (Wildman–Crippen LogP) is 0.795. The van der Waals surface area contributed by atoms with Crippen LogP contribution in [-0.2, 0) is 4.79 Å². The first-order valence-electron chi connectivity index (χ1n) is 4.16. The molecule has 0 spiro atoms. The van der Waals surface area contributed by atoms with Crippen molar-refractivity contribution in [3.8, 4) is 0 Å². The lowest BCUT2D eigenvalue weighted by atomic mass is 10.2. The maximum absolute atomic E-state index is 11.0. The van der Waals surface area contributed by atoms with E-state index in [1.165, 1.54) is 0 Å². The van der Waals surface area contributed by atoms with Crippen LogP contribution in [0.5, 0.6) is 0 Å². The average Bonchev–Trinajstić information content (AvgIpc) is 2.46. The number of carbonyl (C=O) groups excluding carboxylic acids is 1. The van der Waals surface area contributed by atoms with Crippen molar-refractivity contribution in [3.63, 3.8) is 0 Å². The highest BCUT2D eigenvalue weighted by Crippen LogP contribution is 2.17. The molecule has 0 radical (unpaired) electrons. The van der Waals surface area contributed by atoms with Crippen LogP contribution in [-0.4, -0.2) is 34.9 Å². The summed E-state index contributed by atoms with van der Waals surface area (Å²) in [5.41, 5.74) is 0. The zero-order valence-corrected chi connectivity index (χ0v) is 9.04. The first kappa shape index (κ1) is 10.3. The van der Waals surface area contributed by atoms with Crippen molar-refractivity contribution in [1.29, 1.82) is 0 Å². The molecule has 72 valence electrons. The second-order valence-electron chi connectivity index (χ2n) is 3.20. The lowest BCUT2D eigenvalue weighted by Crippen LogP contribution is -2.36. The van der Waals surface area contributed by atoms with E-state index in [9.17, 15) is 4.79 Å². The standard InChI is InChI=1S/C8H12BrN3O/c1-6-3-7(5-12(6)10-2)11-8(13)4-9/h6-7H,3-5H2,1H3,(H,11,13)/t6-,7-/m1/s1. The van der Waals surface area contributed by atoms with Crippen LogP contribution in [0, 0.1) is 6.57 Å². The SMILES string of the molecule is [C-]#[N+]N1C[C@H](NC(=O)CBr)C[C@H]1C. The number of carbonyl (C=O) groups is 1. The van der Waals surface area contributed by atoms with Crippen LogP contribution in [0.2, 0.25) is 0 Å². The van der Waals surface area contributed by atoms with E-state index in [4.69, 9.17) is 6.57 Å². The van der Waals surface area contributed by atoms with E-state index >= 15 is 0 Å². The van der Waals surface area contributed by atoms with Crippen LogP contribution in [0.3, 0.4) is 0 Å². The number of alkyl halides is 1. The minimum absolute atomic E-state index is 0.0102. The van der Waals surface area contributed by atoms with E-state index in [2.05, 4.69) is 26.2 Å². The van der Waals surface area contributed by atoms with Gasteiger partial charge in [-0.15, -0.1) is 5.01 Å². The highest BCUT2D eigenvalue weighted by molar-refractivity contribution is 9.09. The third-order valence-electron chi connectivity index (χ3n) is 2.16. The maximum Gasteiger partial charge on any atom is 0.230 e. The van der Waals surface area contributed by atoms with E-state index in [0.717, 1.165) is 6.42 Å². The minimum Gasteiger partial charge on any atom is -0.351 e. The molecule has 0 bridgehead atoms. The van der Waals surface area contributed by atoms with Crippen molar-refractivity contribution in [3.05, 3.63) is 11.5 Å². The molecule has 1 saturated heterocycles. The second-order valence-corrected chi connectivity index (χ2v) is 3.77. The number of halogens is 1. The molecule has 1 aliphatic rings. The Balaban J connectivity index is 2.41. The zero-order chi connectivity index (χ0) is 9.84. The Kier molecular flexibility index (Phi) is 3.55. The van der Waals surface area contributed by atoms with E-state index < -0.39 is 0 Å². The normalized spacial score (nSPS) is 27.0. The number of amides is 1. The quantitative estimate of drug-likeness (QED) is 0.577. The molecular formula is C8H12BrN3O. The smallest absolute Gasteiger partial charge is 0.230 e. The van der Waals surface area contributed by atoms with Crippen LogP contribution in [0.4, 0.5) is 0 Å². The third kappa shape index (κ3) is 2.59. The summed E-state index contributed by atoms with van der Waals surface area (Å²) in [7, 11) is 0. The lowest BCUT2D eigenvalue weighted by molar-refractivity contribution is -0.119. The van der Waals surface area contributed by atoms with Gasteiger partial charge in [0.15, 0.2) is 0 Å². The van der Waals surface area contributed by atoms with Gasteiger partial charge >= 0.3 is 0 Å². The molecular weight excluding hydrogens is 234 g/mol. The van der Waals surface area contributed by atoms with Crippen molar-refractivity contribution in [2.24, 2.45) is 0 Å². The molecule has 0 aliphatic carbocycles. The van der Waals surface area contributed by atoms with Crippen LogP contribution < -0.4 is 5.32 Å². The van der Waals surface area contributed by atoms with E-state index in [1.54, 1.807) is 5.01 Å². The molecule has 1 amide bonds. The number of nitrogens with zero attached hydrogens (tertiary/aromatic N) is 2. The van der Waals surface area contributed by atoms with Crippen LogP contribution in [0.15, 0.2) is 0 Å². The summed E-state index contributed by atoms with van der Waals surface area (Å²) in [5.74, 6) is -0.0102. The van der Waals surface area contributed by atoms with Gasteiger partial charge in [-0.25, -0.2) is 0 Å². The fraction of sp³-hybridized carbons (Fsp3) is 0.750. The molecule has 1 fully saturated rings. The molecule has 1 rings (SSSR count). The van der Waals surface area contributed by atoms with Gasteiger partial charge in [0, 0.05) is 0 Å². The van der Waals surface area contributed by atoms with Crippen molar-refractivity contribution < 1.29 is 4.79 Å². The van der Waals surface area contributed by atoms with Gasteiger partial charge in [0.2, 0.25) is 5.91 Å². The molecule has 0 aromatic carbocycles. The minimum atomic E-state index is -0.0102. The van der Waals surface area contributed by atoms with Crippen molar-refractivity contribution in [2.75, 3.05) is 11.9 Å². The molecule has 5 heteroatoms. The van der Waals surface area contributed by atoms with Crippen LogP contribution in [0.1, 0.15) is 13.3 Å². The fourth-order valence-electron chi connectivity index (χ4n) is 1.52. The highest BCUT2D eigenvalue weighted by atomic mass is 79.9. The Bertz CT molecular complexity index is 238. The van der Waals surface area contributed by atoms with E-state index in [0.29, 0.717) is 11.9 Å². The van der Waals surface area contributed by atoms with Gasteiger partial charge in [-0.3, -0.25) is 4.79 Å². The van der Waals surface area contributed by atoms with Crippen molar-refractivity contribution >= 4 is 21.8 Å². The van der Waals surface area contributed by atoms with Gasteiger partial charge in [-0.1, -0.05) is 15.9 Å². The molecule has 1 aliphatic heterocycles. The van der Waals surface area contributed by atoms with Crippen molar-refractivity contribution in [2.45, 2.75) is 25.4 Å². The monoisotopic (exact) mass is 245 g/mol. The fourth-order valence-corrected chi connectivity index (χ4v) is 1.69. The highest BCUT2D eigenvalue weighted by Gasteiger charge is 2.32. The first-order valence-corrected chi connectivity index (χ1v) is 5.29. The molecule has 0 aromatic rings. The van der Waals surface area contributed by atoms with Crippen molar-refractivity contribution in [1.82, 2.24) is 10.3 Å². The average molecular weight is 246 g/mol. The predicted molar refractivity (Wildman–Crippen MR) is 53.1 cm³/mol. The molecule has 1 N–H and O–H groups in total. The van der Waals surface area contributed by atoms with Gasteiger partial charge < -0.3 is 5.32 Å². The molecule has 13 heavy (non-hydrogen) atoms.